The van der Waals surface area contributed by atoms with E-state index in [1.165, 1.54) is 0 Å². The zero-order chi connectivity index (χ0) is 5.70. The number of rotatable bonds is 3. The first-order valence-electron chi connectivity index (χ1n) is 2.57. The Hall–Kier alpha value is 0.315. The molecule has 0 aliphatic rings. The summed E-state index contributed by atoms with van der Waals surface area (Å²) in [4.78, 5) is 0. The van der Waals surface area contributed by atoms with Crippen LogP contribution >= 0.6 is 11.5 Å². The molecule has 0 saturated carbocycles. The summed E-state index contributed by atoms with van der Waals surface area (Å²) in [6, 6.07) is 0. The summed E-state index contributed by atoms with van der Waals surface area (Å²) >= 11 is 5.54. The summed E-state index contributed by atoms with van der Waals surface area (Å²) in [7, 11) is 0. The van der Waals surface area contributed by atoms with Gasteiger partial charge in [0.2, 0.25) is 0 Å². The van der Waals surface area contributed by atoms with Crippen LogP contribution in [0.2, 0.25) is 6.32 Å². The molecule has 0 fully saturated rings. The van der Waals surface area contributed by atoms with E-state index in [4.69, 9.17) is 16.1 Å². The molecule has 0 aliphatic carbocycles. The van der Waals surface area contributed by atoms with Crippen molar-refractivity contribution < 1.29 is 4.65 Å². The van der Waals surface area contributed by atoms with Crippen molar-refractivity contribution in [2.24, 2.45) is 0 Å². The largest absolute Gasteiger partial charge is 0.422 e. The van der Waals surface area contributed by atoms with Crippen molar-refractivity contribution in [3.63, 3.8) is 0 Å². The van der Waals surface area contributed by atoms with Crippen LogP contribution in [-0.2, 0) is 4.65 Å². The van der Waals surface area contributed by atoms with Crippen molar-refractivity contribution in [2.45, 2.75) is 20.2 Å². The fourth-order valence-electron chi connectivity index (χ4n) is 0.299. The number of halogens is 1. The minimum absolute atomic E-state index is 0.0787. The van der Waals surface area contributed by atoms with Gasteiger partial charge in [-0.3, -0.25) is 0 Å². The fraction of sp³-hybridized carbons (Fsp3) is 1.00. The van der Waals surface area contributed by atoms with Gasteiger partial charge in [0.15, 0.2) is 0 Å². The normalized spacial score (nSPS) is 9.00. The quantitative estimate of drug-likeness (QED) is 0.516. The van der Waals surface area contributed by atoms with Crippen LogP contribution in [0.15, 0.2) is 0 Å². The third kappa shape index (κ3) is 4.16. The molecule has 0 aromatic carbocycles. The first kappa shape index (κ1) is 7.31. The SMILES string of the molecule is CCOB(Cl)CC. The molecule has 7 heavy (non-hydrogen) atoms. The summed E-state index contributed by atoms with van der Waals surface area (Å²) in [5.74, 6) is 0. The minimum atomic E-state index is -0.0787. The van der Waals surface area contributed by atoms with Gasteiger partial charge in [-0.05, 0) is 13.2 Å². The molecule has 0 rings (SSSR count). The smallest absolute Gasteiger partial charge is 0.398 e. The van der Waals surface area contributed by atoms with Crippen LogP contribution in [-0.4, -0.2) is 12.9 Å². The van der Waals surface area contributed by atoms with Crippen LogP contribution in [0.25, 0.3) is 0 Å². The van der Waals surface area contributed by atoms with Gasteiger partial charge in [0, 0.05) is 6.61 Å². The molecule has 0 atom stereocenters. The van der Waals surface area contributed by atoms with Crippen molar-refractivity contribution >= 4 is 17.8 Å². The average molecular weight is 120 g/mol. The molecule has 0 aliphatic heterocycles. The second kappa shape index (κ2) is 4.47. The third-order valence-electron chi connectivity index (χ3n) is 0.668. The molecule has 0 saturated heterocycles. The standard InChI is InChI=1S/C4H10BClO/c1-3-5(6)7-4-2/h3-4H2,1-2H3. The molecule has 0 bridgehead atoms. The highest BCUT2D eigenvalue weighted by molar-refractivity contribution is 7.03. The van der Waals surface area contributed by atoms with Crippen LogP contribution in [0, 0.1) is 0 Å². The van der Waals surface area contributed by atoms with Crippen molar-refractivity contribution in [3.8, 4) is 0 Å². The molecule has 42 valence electrons. The molecule has 0 aromatic rings. The highest BCUT2D eigenvalue weighted by atomic mass is 35.5. The zero-order valence-electron chi connectivity index (χ0n) is 4.78. The van der Waals surface area contributed by atoms with Gasteiger partial charge >= 0.3 is 6.33 Å². The minimum Gasteiger partial charge on any atom is -0.422 e. The summed E-state index contributed by atoms with van der Waals surface area (Å²) in [5.41, 5.74) is 0. The van der Waals surface area contributed by atoms with E-state index in [0.717, 1.165) is 6.32 Å². The van der Waals surface area contributed by atoms with E-state index in [0.29, 0.717) is 6.61 Å². The molecule has 0 spiro atoms. The Kier molecular flexibility index (Phi) is 4.67. The molecule has 1 nitrogen and oxygen atoms in total. The predicted molar refractivity (Wildman–Crippen MR) is 33.7 cm³/mol. The Morgan fingerprint density at radius 2 is 2.14 bits per heavy atom. The monoisotopic (exact) mass is 120 g/mol. The van der Waals surface area contributed by atoms with Gasteiger partial charge in [-0.1, -0.05) is 6.92 Å². The van der Waals surface area contributed by atoms with Crippen LogP contribution in [0.1, 0.15) is 13.8 Å². The van der Waals surface area contributed by atoms with Crippen LogP contribution in [0.5, 0.6) is 0 Å². The van der Waals surface area contributed by atoms with Gasteiger partial charge in [0.1, 0.15) is 0 Å². The molecule has 3 heteroatoms. The van der Waals surface area contributed by atoms with Crippen molar-refractivity contribution in [2.75, 3.05) is 6.61 Å². The Morgan fingerprint density at radius 3 is 2.29 bits per heavy atom. The molecule has 0 amide bonds. The lowest BCUT2D eigenvalue weighted by molar-refractivity contribution is 0.355. The van der Waals surface area contributed by atoms with Crippen LogP contribution in [0.4, 0.5) is 0 Å². The van der Waals surface area contributed by atoms with Gasteiger partial charge < -0.3 is 4.65 Å². The highest BCUT2D eigenvalue weighted by Crippen LogP contribution is 1.96. The lowest BCUT2D eigenvalue weighted by Crippen LogP contribution is -2.07. The molecule has 0 radical (unpaired) electrons. The van der Waals surface area contributed by atoms with Crippen molar-refractivity contribution in [1.29, 1.82) is 0 Å². The second-order valence-electron chi connectivity index (χ2n) is 1.27. The Bertz CT molecular complexity index is 42.7. The van der Waals surface area contributed by atoms with Gasteiger partial charge in [-0.2, -0.15) is 11.5 Å². The lowest BCUT2D eigenvalue weighted by atomic mass is 9.95. The van der Waals surface area contributed by atoms with Gasteiger partial charge in [-0.15, -0.1) is 0 Å². The van der Waals surface area contributed by atoms with Crippen molar-refractivity contribution in [1.82, 2.24) is 0 Å². The van der Waals surface area contributed by atoms with Crippen molar-refractivity contribution in [3.05, 3.63) is 0 Å². The first-order chi connectivity index (χ1) is 3.31. The topological polar surface area (TPSA) is 9.23 Å². The summed E-state index contributed by atoms with van der Waals surface area (Å²) < 4.78 is 4.96. The molecule has 0 unspecified atom stereocenters. The van der Waals surface area contributed by atoms with E-state index in [-0.39, 0.29) is 6.33 Å². The van der Waals surface area contributed by atoms with E-state index in [1.807, 2.05) is 13.8 Å². The zero-order valence-corrected chi connectivity index (χ0v) is 5.53. The van der Waals surface area contributed by atoms with Crippen LogP contribution < -0.4 is 0 Å². The van der Waals surface area contributed by atoms with E-state index >= 15 is 0 Å². The van der Waals surface area contributed by atoms with Gasteiger partial charge in [0.05, 0.1) is 0 Å². The molecule has 0 N–H and O–H groups in total. The number of hydrogen-bond donors (Lipinski definition) is 0. The van der Waals surface area contributed by atoms with Crippen LogP contribution in [0.3, 0.4) is 0 Å². The Morgan fingerprint density at radius 1 is 1.57 bits per heavy atom. The molecule has 0 aromatic heterocycles. The fourth-order valence-corrected chi connectivity index (χ4v) is 0.425. The number of hydrogen-bond acceptors (Lipinski definition) is 1. The Balaban J connectivity index is 2.83. The Labute approximate surface area is 50.0 Å². The summed E-state index contributed by atoms with van der Waals surface area (Å²) in [5, 5.41) is 0. The highest BCUT2D eigenvalue weighted by Gasteiger charge is 2.04. The van der Waals surface area contributed by atoms with E-state index in [1.54, 1.807) is 0 Å². The second-order valence-corrected chi connectivity index (χ2v) is 1.76. The van der Waals surface area contributed by atoms with E-state index < -0.39 is 0 Å². The molecule has 0 heterocycles. The maximum Gasteiger partial charge on any atom is 0.398 e. The maximum atomic E-state index is 5.54. The van der Waals surface area contributed by atoms with Gasteiger partial charge in [-0.25, -0.2) is 0 Å². The molecular formula is C4H10BClO. The van der Waals surface area contributed by atoms with E-state index in [2.05, 4.69) is 0 Å². The summed E-state index contributed by atoms with van der Waals surface area (Å²) in [6.07, 6.45) is 0.806. The van der Waals surface area contributed by atoms with E-state index in [9.17, 15) is 0 Å². The maximum absolute atomic E-state index is 5.54. The molecular weight excluding hydrogens is 110 g/mol. The first-order valence-corrected chi connectivity index (χ1v) is 3.00. The van der Waals surface area contributed by atoms with Gasteiger partial charge in [0.25, 0.3) is 0 Å². The third-order valence-corrected chi connectivity index (χ3v) is 1.10. The predicted octanol–water partition coefficient (Wildman–Crippen LogP) is 1.77. The lowest BCUT2D eigenvalue weighted by Gasteiger charge is -1.98. The average Bonchev–Trinajstić information content (AvgIpc) is 1.68. The summed E-state index contributed by atoms with van der Waals surface area (Å²) in [6.45, 7) is 4.64.